The minimum Gasteiger partial charge on any atom is -0.371 e. The molecule has 8 nitrogen and oxygen atoms in total. The molecule has 0 bridgehead atoms. The summed E-state index contributed by atoms with van der Waals surface area (Å²) in [5, 5.41) is 10.4. The number of hydrogen-bond donors (Lipinski definition) is 3. The first kappa shape index (κ1) is 25.2. The van der Waals surface area contributed by atoms with E-state index in [0.29, 0.717) is 18.2 Å². The lowest BCUT2D eigenvalue weighted by Crippen LogP contribution is -2.50. The number of rotatable bonds is 6. The van der Waals surface area contributed by atoms with Crippen LogP contribution in [-0.4, -0.2) is 53.3 Å². The molecule has 1 aliphatic carbocycles. The zero-order chi connectivity index (χ0) is 25.3. The van der Waals surface area contributed by atoms with Crippen LogP contribution in [0.1, 0.15) is 61.9 Å². The fourth-order valence-electron chi connectivity index (χ4n) is 5.70. The first-order valence-corrected chi connectivity index (χ1v) is 12.8. The molecule has 2 aliphatic rings. The number of benzene rings is 1. The molecule has 190 valence electrons. The summed E-state index contributed by atoms with van der Waals surface area (Å²) >= 11 is 0. The van der Waals surface area contributed by atoms with Gasteiger partial charge in [0.2, 0.25) is 5.91 Å². The molecule has 0 radical (unpaired) electrons. The van der Waals surface area contributed by atoms with Crippen LogP contribution >= 0.6 is 0 Å². The van der Waals surface area contributed by atoms with Gasteiger partial charge >= 0.3 is 0 Å². The Morgan fingerprint density at radius 2 is 1.94 bits per heavy atom. The Kier molecular flexibility index (Phi) is 7.50. The number of hydrogen-bond acceptors (Lipinski definition) is 5. The van der Waals surface area contributed by atoms with Gasteiger partial charge in [0, 0.05) is 61.8 Å². The van der Waals surface area contributed by atoms with Crippen molar-refractivity contribution < 1.29 is 9.59 Å². The van der Waals surface area contributed by atoms with E-state index in [-0.39, 0.29) is 35.7 Å². The second-order valence-corrected chi connectivity index (χ2v) is 10.7. The second kappa shape index (κ2) is 10.4. The van der Waals surface area contributed by atoms with Crippen molar-refractivity contribution in [2.75, 3.05) is 18.5 Å². The van der Waals surface area contributed by atoms with Crippen molar-refractivity contribution in [3.63, 3.8) is 0 Å². The van der Waals surface area contributed by atoms with Gasteiger partial charge in [0.1, 0.15) is 0 Å². The number of nitrogens with one attached hydrogen (secondary N) is 2. The van der Waals surface area contributed by atoms with Crippen LogP contribution < -0.4 is 21.3 Å². The lowest BCUT2D eigenvalue weighted by molar-refractivity contribution is -0.129. The number of anilines is 1. The van der Waals surface area contributed by atoms with Crippen molar-refractivity contribution in [1.82, 2.24) is 20.4 Å². The summed E-state index contributed by atoms with van der Waals surface area (Å²) in [4.78, 5) is 28.3. The molecule has 2 amide bonds. The molecule has 1 saturated heterocycles. The summed E-state index contributed by atoms with van der Waals surface area (Å²) in [5.41, 5.74) is 10.7. The summed E-state index contributed by atoms with van der Waals surface area (Å²) in [5.74, 6) is -0.118. The Morgan fingerprint density at radius 1 is 1.23 bits per heavy atom. The zero-order valence-corrected chi connectivity index (χ0v) is 21.7. The fourth-order valence-corrected chi connectivity index (χ4v) is 5.70. The average Bonchev–Trinajstić information content (AvgIpc) is 3.24. The van der Waals surface area contributed by atoms with Gasteiger partial charge in [-0.15, -0.1) is 0 Å². The molecule has 1 saturated carbocycles. The Hall–Kier alpha value is -2.87. The number of aryl methyl sites for hydroxylation is 1. The van der Waals surface area contributed by atoms with Gasteiger partial charge in [-0.3, -0.25) is 14.3 Å². The molecule has 8 heteroatoms. The number of carbonyl (C=O) groups is 2. The van der Waals surface area contributed by atoms with Crippen molar-refractivity contribution >= 4 is 17.5 Å². The highest BCUT2D eigenvalue weighted by Gasteiger charge is 2.32. The molecule has 0 spiro atoms. The highest BCUT2D eigenvalue weighted by molar-refractivity contribution is 5.99. The number of piperidine rings is 1. The van der Waals surface area contributed by atoms with Crippen LogP contribution in [0.3, 0.4) is 0 Å². The number of amides is 2. The van der Waals surface area contributed by atoms with Crippen molar-refractivity contribution in [3.05, 3.63) is 35.7 Å². The maximum atomic E-state index is 13.5. The van der Waals surface area contributed by atoms with Crippen molar-refractivity contribution in [1.29, 1.82) is 0 Å². The molecule has 2 fully saturated rings. The first-order chi connectivity index (χ1) is 16.6. The summed E-state index contributed by atoms with van der Waals surface area (Å²) in [7, 11) is 4.01. The summed E-state index contributed by atoms with van der Waals surface area (Å²) in [6.07, 6.45) is 8.83. The van der Waals surface area contributed by atoms with Crippen LogP contribution in [0.15, 0.2) is 24.5 Å². The van der Waals surface area contributed by atoms with Gasteiger partial charge in [-0.1, -0.05) is 6.92 Å². The zero-order valence-electron chi connectivity index (χ0n) is 21.7. The number of aromatic nitrogens is 2. The van der Waals surface area contributed by atoms with Gasteiger partial charge in [0.15, 0.2) is 0 Å². The molecule has 3 atom stereocenters. The molecular formula is C27H40N6O2. The third-order valence-electron chi connectivity index (χ3n) is 7.95. The minimum atomic E-state index is -0.217. The van der Waals surface area contributed by atoms with E-state index in [2.05, 4.69) is 40.7 Å². The van der Waals surface area contributed by atoms with Crippen LogP contribution in [-0.2, 0) is 11.8 Å². The normalized spacial score (nSPS) is 26.8. The van der Waals surface area contributed by atoms with Crippen molar-refractivity contribution in [3.8, 4) is 11.1 Å². The second-order valence-electron chi connectivity index (χ2n) is 10.7. The molecule has 3 unspecified atom stereocenters. The SMILES string of the molecule is Cc1c(C(=O)NCC2C(=O)NC(C)CC2C)cc(-c2cnn(C)c2)cc1N(C)C1CCC(N)CC1. The maximum absolute atomic E-state index is 13.5. The van der Waals surface area contributed by atoms with Crippen LogP contribution in [0.4, 0.5) is 5.69 Å². The molecule has 4 rings (SSSR count). The van der Waals surface area contributed by atoms with E-state index < -0.39 is 0 Å². The third-order valence-corrected chi connectivity index (χ3v) is 7.95. The summed E-state index contributed by atoms with van der Waals surface area (Å²) < 4.78 is 1.77. The van der Waals surface area contributed by atoms with Gasteiger partial charge < -0.3 is 21.3 Å². The van der Waals surface area contributed by atoms with E-state index in [1.54, 1.807) is 4.68 Å². The third kappa shape index (κ3) is 5.53. The van der Waals surface area contributed by atoms with Crippen LogP contribution in [0.2, 0.25) is 0 Å². The highest BCUT2D eigenvalue weighted by Crippen LogP contribution is 2.34. The smallest absolute Gasteiger partial charge is 0.251 e. The van der Waals surface area contributed by atoms with Gasteiger partial charge in [-0.2, -0.15) is 5.10 Å². The Bertz CT molecular complexity index is 1070. The quantitative estimate of drug-likeness (QED) is 0.590. The van der Waals surface area contributed by atoms with E-state index in [1.807, 2.05) is 39.4 Å². The maximum Gasteiger partial charge on any atom is 0.251 e. The molecule has 1 aromatic heterocycles. The number of nitrogens with zero attached hydrogens (tertiary/aromatic N) is 3. The fraction of sp³-hybridized carbons (Fsp3) is 0.593. The first-order valence-electron chi connectivity index (χ1n) is 12.8. The molecular weight excluding hydrogens is 440 g/mol. The monoisotopic (exact) mass is 480 g/mol. The Labute approximate surface area is 208 Å². The highest BCUT2D eigenvalue weighted by atomic mass is 16.2. The van der Waals surface area contributed by atoms with Crippen molar-refractivity contribution in [2.45, 2.75) is 71.0 Å². The van der Waals surface area contributed by atoms with E-state index in [4.69, 9.17) is 5.73 Å². The van der Waals surface area contributed by atoms with Crippen LogP contribution in [0.25, 0.3) is 11.1 Å². The molecule has 1 aliphatic heterocycles. The molecule has 4 N–H and O–H groups in total. The molecule has 35 heavy (non-hydrogen) atoms. The topological polar surface area (TPSA) is 105 Å². The lowest BCUT2D eigenvalue weighted by atomic mass is 9.84. The minimum absolute atomic E-state index is 0.0216. The summed E-state index contributed by atoms with van der Waals surface area (Å²) in [6, 6.07) is 4.96. The lowest BCUT2D eigenvalue weighted by Gasteiger charge is -2.36. The van der Waals surface area contributed by atoms with E-state index in [0.717, 1.165) is 54.5 Å². The van der Waals surface area contributed by atoms with E-state index >= 15 is 0 Å². The number of carbonyl (C=O) groups excluding carboxylic acids is 2. The summed E-state index contributed by atoms with van der Waals surface area (Å²) in [6.45, 7) is 6.46. The van der Waals surface area contributed by atoms with Crippen LogP contribution in [0, 0.1) is 18.8 Å². The molecule has 1 aromatic carbocycles. The number of nitrogens with two attached hydrogens (primary N) is 1. The molecule has 2 heterocycles. The predicted molar refractivity (Wildman–Crippen MR) is 139 cm³/mol. The van der Waals surface area contributed by atoms with Gasteiger partial charge in [0.25, 0.3) is 5.91 Å². The van der Waals surface area contributed by atoms with E-state index in [9.17, 15) is 9.59 Å². The van der Waals surface area contributed by atoms with Gasteiger partial charge in [-0.25, -0.2) is 0 Å². The predicted octanol–water partition coefficient (Wildman–Crippen LogP) is 2.99. The standard InChI is InChI=1S/C27H40N6O2/c1-16-10-17(2)31-27(35)24(16)14-29-26(34)23-11-19(20-13-30-32(4)15-20)12-25(18(23)3)33(5)22-8-6-21(28)7-9-22/h11-13,15-17,21-22,24H,6-10,14,28H2,1-5H3,(H,29,34)(H,31,35). The average molecular weight is 481 g/mol. The molecule has 2 aromatic rings. The largest absolute Gasteiger partial charge is 0.371 e. The van der Waals surface area contributed by atoms with Gasteiger partial charge in [-0.05, 0) is 75.1 Å². The van der Waals surface area contributed by atoms with Gasteiger partial charge in [0.05, 0.1) is 12.1 Å². The van der Waals surface area contributed by atoms with E-state index in [1.165, 1.54) is 0 Å². The van der Waals surface area contributed by atoms with Crippen molar-refractivity contribution in [2.24, 2.45) is 24.6 Å². The Morgan fingerprint density at radius 3 is 2.57 bits per heavy atom. The van der Waals surface area contributed by atoms with Crippen LogP contribution in [0.5, 0.6) is 0 Å². The Balaban J connectivity index is 1.61.